The van der Waals surface area contributed by atoms with Crippen molar-refractivity contribution in [2.24, 2.45) is 0 Å². The van der Waals surface area contributed by atoms with Crippen LogP contribution >= 0.6 is 27.5 Å². The molecule has 19 heavy (non-hydrogen) atoms. The van der Waals surface area contributed by atoms with E-state index in [4.69, 9.17) is 16.9 Å². The maximum Gasteiger partial charge on any atom is 0.419 e. The summed E-state index contributed by atoms with van der Waals surface area (Å²) in [5.74, 6) is 0. The SMILES string of the molecule is N#Cc1[nH]c(-c2ccc(Cl)cc2)c(C(F)(F)F)c1Br. The molecule has 0 unspecified atom stereocenters. The first-order chi connectivity index (χ1) is 8.84. The largest absolute Gasteiger partial charge is 0.419 e. The molecule has 1 aromatic heterocycles. The number of hydrogen-bond acceptors (Lipinski definition) is 1. The van der Waals surface area contributed by atoms with E-state index in [9.17, 15) is 13.2 Å². The molecule has 98 valence electrons. The number of benzene rings is 1. The Balaban J connectivity index is 2.70. The number of rotatable bonds is 1. The highest BCUT2D eigenvalue weighted by molar-refractivity contribution is 9.10. The molecule has 0 amide bonds. The van der Waals surface area contributed by atoms with E-state index in [0.717, 1.165) is 0 Å². The minimum atomic E-state index is -4.57. The van der Waals surface area contributed by atoms with E-state index in [0.29, 0.717) is 10.6 Å². The molecule has 0 saturated heterocycles. The molecule has 0 radical (unpaired) electrons. The van der Waals surface area contributed by atoms with Crippen molar-refractivity contribution in [3.63, 3.8) is 0 Å². The van der Waals surface area contributed by atoms with Crippen LogP contribution in [0.1, 0.15) is 11.3 Å². The zero-order valence-electron chi connectivity index (χ0n) is 9.15. The molecule has 0 atom stereocenters. The van der Waals surface area contributed by atoms with Crippen LogP contribution in [0.4, 0.5) is 13.2 Å². The van der Waals surface area contributed by atoms with Crippen molar-refractivity contribution in [2.45, 2.75) is 6.18 Å². The maximum absolute atomic E-state index is 13.0. The highest BCUT2D eigenvalue weighted by Gasteiger charge is 2.39. The number of alkyl halides is 3. The number of nitrogens with zero attached hydrogens (tertiary/aromatic N) is 1. The monoisotopic (exact) mass is 348 g/mol. The van der Waals surface area contributed by atoms with Crippen molar-refractivity contribution in [2.75, 3.05) is 0 Å². The van der Waals surface area contributed by atoms with E-state index in [1.54, 1.807) is 6.07 Å². The molecule has 0 bridgehead atoms. The summed E-state index contributed by atoms with van der Waals surface area (Å²) >= 11 is 8.51. The van der Waals surface area contributed by atoms with Crippen LogP contribution in [-0.4, -0.2) is 4.98 Å². The van der Waals surface area contributed by atoms with Gasteiger partial charge in [-0.2, -0.15) is 18.4 Å². The van der Waals surface area contributed by atoms with Crippen molar-refractivity contribution < 1.29 is 13.2 Å². The quantitative estimate of drug-likeness (QED) is 0.774. The second-order valence-electron chi connectivity index (χ2n) is 3.68. The second-order valence-corrected chi connectivity index (χ2v) is 4.91. The van der Waals surface area contributed by atoms with E-state index in [2.05, 4.69) is 20.9 Å². The number of aromatic amines is 1. The Labute approximate surface area is 119 Å². The Morgan fingerprint density at radius 2 is 1.79 bits per heavy atom. The van der Waals surface area contributed by atoms with Crippen molar-refractivity contribution in [1.82, 2.24) is 4.98 Å². The van der Waals surface area contributed by atoms with E-state index < -0.39 is 11.7 Å². The van der Waals surface area contributed by atoms with Crippen molar-refractivity contribution >= 4 is 27.5 Å². The van der Waals surface area contributed by atoms with Crippen LogP contribution in [0.2, 0.25) is 5.02 Å². The molecule has 0 spiro atoms. The van der Waals surface area contributed by atoms with Gasteiger partial charge in [-0.3, -0.25) is 0 Å². The average Bonchev–Trinajstić information content (AvgIpc) is 2.67. The van der Waals surface area contributed by atoms with Gasteiger partial charge in [0.2, 0.25) is 0 Å². The predicted molar refractivity (Wildman–Crippen MR) is 68.7 cm³/mol. The van der Waals surface area contributed by atoms with E-state index in [-0.39, 0.29) is 15.9 Å². The van der Waals surface area contributed by atoms with Gasteiger partial charge in [0.25, 0.3) is 0 Å². The molecule has 1 heterocycles. The second kappa shape index (κ2) is 4.91. The highest BCUT2D eigenvalue weighted by Crippen LogP contribution is 2.43. The first kappa shape index (κ1) is 14.0. The molecular formula is C12H5BrClF3N2. The summed E-state index contributed by atoms with van der Waals surface area (Å²) in [6.07, 6.45) is -4.57. The van der Waals surface area contributed by atoms with Gasteiger partial charge in [0.15, 0.2) is 0 Å². The molecule has 0 aliphatic carbocycles. The number of halogens is 5. The molecule has 0 aliphatic rings. The molecule has 2 nitrogen and oxygen atoms in total. The molecule has 0 fully saturated rings. The van der Waals surface area contributed by atoms with Gasteiger partial charge in [-0.15, -0.1) is 0 Å². The zero-order valence-corrected chi connectivity index (χ0v) is 11.5. The summed E-state index contributed by atoms with van der Waals surface area (Å²) in [4.78, 5) is 2.47. The fourth-order valence-electron chi connectivity index (χ4n) is 1.65. The van der Waals surface area contributed by atoms with Gasteiger partial charge in [0.05, 0.1) is 15.7 Å². The molecule has 1 aromatic carbocycles. The van der Waals surface area contributed by atoms with Crippen LogP contribution in [0.15, 0.2) is 28.7 Å². The topological polar surface area (TPSA) is 39.6 Å². The van der Waals surface area contributed by atoms with Crippen LogP contribution in [0, 0.1) is 11.3 Å². The predicted octanol–water partition coefficient (Wildman–Crippen LogP) is 4.99. The summed E-state index contributed by atoms with van der Waals surface area (Å²) < 4.78 is 38.8. The van der Waals surface area contributed by atoms with Crippen molar-refractivity contribution in [3.8, 4) is 17.3 Å². The van der Waals surface area contributed by atoms with E-state index in [1.807, 2.05) is 0 Å². The van der Waals surface area contributed by atoms with Gasteiger partial charge in [0.1, 0.15) is 11.8 Å². The van der Waals surface area contributed by atoms with E-state index >= 15 is 0 Å². The Morgan fingerprint density at radius 1 is 1.21 bits per heavy atom. The number of nitriles is 1. The molecule has 2 aromatic rings. The Morgan fingerprint density at radius 3 is 2.26 bits per heavy atom. The summed E-state index contributed by atoms with van der Waals surface area (Å²) in [7, 11) is 0. The molecule has 1 N–H and O–H groups in total. The standard InChI is InChI=1S/C12H5BrClF3N2/c13-10-8(5-18)19-11(9(10)12(15,16)17)6-1-3-7(14)4-2-6/h1-4,19H. The number of nitrogens with one attached hydrogen (secondary N) is 1. The number of hydrogen-bond donors (Lipinski definition) is 1. The Hall–Kier alpha value is -1.45. The first-order valence-electron chi connectivity index (χ1n) is 4.99. The third-order valence-corrected chi connectivity index (χ3v) is 3.51. The third-order valence-electron chi connectivity index (χ3n) is 2.47. The summed E-state index contributed by atoms with van der Waals surface area (Å²) in [5.41, 5.74) is -0.921. The molecule has 0 aliphatic heterocycles. The van der Waals surface area contributed by atoms with Gasteiger partial charge in [-0.1, -0.05) is 23.7 Å². The number of H-pyrrole nitrogens is 1. The van der Waals surface area contributed by atoms with Crippen molar-refractivity contribution in [1.29, 1.82) is 5.26 Å². The third kappa shape index (κ3) is 2.62. The smallest absolute Gasteiger partial charge is 0.345 e. The first-order valence-corrected chi connectivity index (χ1v) is 6.16. The summed E-state index contributed by atoms with van der Waals surface area (Å²) in [5, 5.41) is 9.23. The van der Waals surface area contributed by atoms with Gasteiger partial charge in [-0.05, 0) is 33.6 Å². The Bertz CT molecular complexity index is 653. The van der Waals surface area contributed by atoms with Crippen LogP contribution in [0.3, 0.4) is 0 Å². The summed E-state index contributed by atoms with van der Waals surface area (Å²) in [6, 6.07) is 7.56. The molecular weight excluding hydrogens is 344 g/mol. The zero-order chi connectivity index (χ0) is 14.2. The maximum atomic E-state index is 13.0. The van der Waals surface area contributed by atoms with E-state index in [1.165, 1.54) is 24.3 Å². The fourth-order valence-corrected chi connectivity index (χ4v) is 2.39. The molecule has 2 rings (SSSR count). The summed E-state index contributed by atoms with van der Waals surface area (Å²) in [6.45, 7) is 0. The Kier molecular flexibility index (Phi) is 3.61. The minimum absolute atomic E-state index is 0.160. The lowest BCUT2D eigenvalue weighted by molar-refractivity contribution is -0.137. The normalized spacial score (nSPS) is 11.4. The molecule has 0 saturated carbocycles. The lowest BCUT2D eigenvalue weighted by Gasteiger charge is -2.09. The van der Waals surface area contributed by atoms with Crippen LogP contribution in [-0.2, 0) is 6.18 Å². The molecule has 7 heteroatoms. The van der Waals surface area contributed by atoms with Gasteiger partial charge < -0.3 is 4.98 Å². The fraction of sp³-hybridized carbons (Fsp3) is 0.0833. The lowest BCUT2D eigenvalue weighted by Crippen LogP contribution is -2.06. The highest BCUT2D eigenvalue weighted by atomic mass is 79.9. The van der Waals surface area contributed by atoms with Crippen LogP contribution in [0.25, 0.3) is 11.3 Å². The average molecular weight is 350 g/mol. The van der Waals surface area contributed by atoms with Crippen LogP contribution < -0.4 is 0 Å². The minimum Gasteiger partial charge on any atom is -0.345 e. The number of aromatic nitrogens is 1. The van der Waals surface area contributed by atoms with Gasteiger partial charge in [0, 0.05) is 5.02 Å². The van der Waals surface area contributed by atoms with Crippen LogP contribution in [0.5, 0.6) is 0 Å². The van der Waals surface area contributed by atoms with Gasteiger partial charge >= 0.3 is 6.18 Å². The lowest BCUT2D eigenvalue weighted by atomic mass is 10.1. The van der Waals surface area contributed by atoms with Crippen molar-refractivity contribution in [3.05, 3.63) is 45.0 Å². The van der Waals surface area contributed by atoms with Gasteiger partial charge in [-0.25, -0.2) is 0 Å².